The third kappa shape index (κ3) is 3.03. The Morgan fingerprint density at radius 1 is 1.25 bits per heavy atom. The maximum absolute atomic E-state index is 11.0. The molecule has 90 valence electrons. The number of amides is 1. The van der Waals surface area contributed by atoms with Gasteiger partial charge in [-0.2, -0.15) is 0 Å². The van der Waals surface area contributed by atoms with Crippen molar-refractivity contribution in [1.82, 2.24) is 0 Å². The minimum Gasteiger partial charge on any atom is -0.493 e. The Balaban J connectivity index is 0.00000225. The fraction of sp³-hybridized carbons (Fsp3) is 0.364. The molecule has 0 aliphatic carbocycles. The van der Waals surface area contributed by atoms with Crippen LogP contribution in [0.3, 0.4) is 0 Å². The normalized spacial score (nSPS) is 11.2. The summed E-state index contributed by atoms with van der Waals surface area (Å²) in [6, 6.07) is 5.32. The number of nitrogens with two attached hydrogens (primary N) is 1. The highest BCUT2D eigenvalue weighted by Gasteiger charge is 2.14. The Hall–Kier alpha value is -1.42. The Morgan fingerprint density at radius 3 is 2.25 bits per heavy atom. The summed E-state index contributed by atoms with van der Waals surface area (Å²) in [5.74, 6) is 0.549. The molecule has 1 amide bonds. The van der Waals surface area contributed by atoms with Crippen molar-refractivity contribution in [2.24, 2.45) is 5.73 Å². The highest BCUT2D eigenvalue weighted by atomic mass is 35.5. The summed E-state index contributed by atoms with van der Waals surface area (Å²) >= 11 is 0. The van der Waals surface area contributed by atoms with E-state index in [1.165, 1.54) is 0 Å². The minimum atomic E-state index is -0.359. The van der Waals surface area contributed by atoms with E-state index in [4.69, 9.17) is 15.2 Å². The summed E-state index contributed by atoms with van der Waals surface area (Å²) in [5.41, 5.74) is 6.04. The number of rotatable bonds is 4. The summed E-state index contributed by atoms with van der Waals surface area (Å²) in [4.78, 5) is 11.0. The number of hydrogen-bond acceptors (Lipinski definition) is 3. The number of methoxy groups -OCH3 is 2. The molecule has 2 N–H and O–H groups in total. The van der Waals surface area contributed by atoms with Gasteiger partial charge in [-0.25, -0.2) is 0 Å². The van der Waals surface area contributed by atoms with Crippen molar-refractivity contribution in [2.75, 3.05) is 14.2 Å². The monoisotopic (exact) mass is 245 g/mol. The highest BCUT2D eigenvalue weighted by molar-refractivity contribution is 5.85. The van der Waals surface area contributed by atoms with Crippen molar-refractivity contribution in [3.05, 3.63) is 23.8 Å². The van der Waals surface area contributed by atoms with E-state index in [1.54, 1.807) is 39.3 Å². The van der Waals surface area contributed by atoms with Gasteiger partial charge in [0.2, 0.25) is 5.91 Å². The molecule has 0 aromatic heterocycles. The van der Waals surface area contributed by atoms with Crippen LogP contribution in [0, 0.1) is 0 Å². The molecule has 0 fully saturated rings. The molecular formula is C11H16ClNO3. The maximum atomic E-state index is 11.0. The van der Waals surface area contributed by atoms with Gasteiger partial charge in [0.25, 0.3) is 0 Å². The second kappa shape index (κ2) is 6.23. The fourth-order valence-corrected chi connectivity index (χ4v) is 1.29. The van der Waals surface area contributed by atoms with Crippen LogP contribution in [0.2, 0.25) is 0 Å². The molecule has 0 aliphatic rings. The zero-order valence-electron chi connectivity index (χ0n) is 9.52. The van der Waals surface area contributed by atoms with E-state index in [0.29, 0.717) is 11.5 Å². The minimum absolute atomic E-state index is 0. The molecular weight excluding hydrogens is 230 g/mol. The lowest BCUT2D eigenvalue weighted by Gasteiger charge is -2.12. The van der Waals surface area contributed by atoms with Crippen LogP contribution in [0.1, 0.15) is 18.4 Å². The van der Waals surface area contributed by atoms with Crippen molar-refractivity contribution in [3.63, 3.8) is 0 Å². The molecule has 0 saturated heterocycles. The fourth-order valence-electron chi connectivity index (χ4n) is 1.29. The first-order valence-corrected chi connectivity index (χ1v) is 4.61. The summed E-state index contributed by atoms with van der Waals surface area (Å²) in [7, 11) is 3.12. The van der Waals surface area contributed by atoms with Crippen molar-refractivity contribution in [2.45, 2.75) is 12.8 Å². The lowest BCUT2D eigenvalue weighted by molar-refractivity contribution is -0.119. The van der Waals surface area contributed by atoms with E-state index in [1.807, 2.05) is 0 Å². The van der Waals surface area contributed by atoms with Gasteiger partial charge in [0, 0.05) is 0 Å². The van der Waals surface area contributed by atoms with Gasteiger partial charge in [-0.3, -0.25) is 4.79 Å². The van der Waals surface area contributed by atoms with Gasteiger partial charge in [-0.1, -0.05) is 6.07 Å². The number of benzene rings is 1. The predicted octanol–water partition coefficient (Wildman–Crippen LogP) is 1.71. The number of hydrogen-bond donors (Lipinski definition) is 1. The van der Waals surface area contributed by atoms with Crippen LogP contribution < -0.4 is 15.2 Å². The van der Waals surface area contributed by atoms with E-state index in [0.717, 1.165) is 5.56 Å². The highest BCUT2D eigenvalue weighted by Crippen LogP contribution is 2.30. The quantitative estimate of drug-likeness (QED) is 0.879. The second-order valence-electron chi connectivity index (χ2n) is 3.24. The molecule has 0 bridgehead atoms. The smallest absolute Gasteiger partial charge is 0.224 e. The van der Waals surface area contributed by atoms with E-state index in [2.05, 4.69) is 0 Å². The Kier molecular flexibility index (Phi) is 5.67. The molecule has 1 aromatic carbocycles. The van der Waals surface area contributed by atoms with Gasteiger partial charge in [-0.05, 0) is 24.6 Å². The van der Waals surface area contributed by atoms with Crippen LogP contribution in [-0.2, 0) is 4.79 Å². The van der Waals surface area contributed by atoms with Gasteiger partial charge >= 0.3 is 0 Å². The van der Waals surface area contributed by atoms with Crippen molar-refractivity contribution in [3.8, 4) is 11.5 Å². The summed E-state index contributed by atoms with van der Waals surface area (Å²) in [6.07, 6.45) is 0. The second-order valence-corrected chi connectivity index (χ2v) is 3.24. The van der Waals surface area contributed by atoms with E-state index in [-0.39, 0.29) is 24.2 Å². The topological polar surface area (TPSA) is 61.5 Å². The van der Waals surface area contributed by atoms with Crippen LogP contribution in [0.25, 0.3) is 0 Å². The largest absolute Gasteiger partial charge is 0.493 e. The maximum Gasteiger partial charge on any atom is 0.224 e. The van der Waals surface area contributed by atoms with Crippen LogP contribution in [0.15, 0.2) is 18.2 Å². The average Bonchev–Trinajstić information content (AvgIpc) is 2.26. The molecule has 0 spiro atoms. The van der Waals surface area contributed by atoms with Crippen molar-refractivity contribution < 1.29 is 14.3 Å². The van der Waals surface area contributed by atoms with Gasteiger partial charge in [0.1, 0.15) is 0 Å². The zero-order valence-corrected chi connectivity index (χ0v) is 10.3. The SMILES string of the molecule is COc1ccc(C(C)C(N)=O)cc1OC.Cl. The van der Waals surface area contributed by atoms with Crippen LogP contribution >= 0.6 is 12.4 Å². The molecule has 4 nitrogen and oxygen atoms in total. The molecule has 1 aromatic rings. The molecule has 16 heavy (non-hydrogen) atoms. The summed E-state index contributed by atoms with van der Waals surface area (Å²) in [5, 5.41) is 0. The van der Waals surface area contributed by atoms with Gasteiger partial charge in [-0.15, -0.1) is 12.4 Å². The Labute approximate surface area is 101 Å². The number of halogens is 1. The molecule has 1 unspecified atom stereocenters. The number of primary amides is 1. The van der Waals surface area contributed by atoms with Crippen LogP contribution in [-0.4, -0.2) is 20.1 Å². The van der Waals surface area contributed by atoms with Crippen molar-refractivity contribution in [1.29, 1.82) is 0 Å². The lowest BCUT2D eigenvalue weighted by Crippen LogP contribution is -2.18. The molecule has 0 aliphatic heterocycles. The third-order valence-corrected chi connectivity index (χ3v) is 2.33. The first-order valence-electron chi connectivity index (χ1n) is 4.61. The van der Waals surface area contributed by atoms with Gasteiger partial charge < -0.3 is 15.2 Å². The predicted molar refractivity (Wildman–Crippen MR) is 64.4 cm³/mol. The van der Waals surface area contributed by atoms with Gasteiger partial charge in [0.05, 0.1) is 20.1 Å². The number of ether oxygens (including phenoxy) is 2. The van der Waals surface area contributed by atoms with Crippen LogP contribution in [0.4, 0.5) is 0 Å². The average molecular weight is 246 g/mol. The standard InChI is InChI=1S/C11H15NO3.ClH/c1-7(11(12)13)8-4-5-9(14-2)10(6-8)15-3;/h4-7H,1-3H3,(H2,12,13);1H. The molecule has 1 atom stereocenters. The van der Waals surface area contributed by atoms with E-state index < -0.39 is 0 Å². The molecule has 1 rings (SSSR count). The first kappa shape index (κ1) is 14.6. The molecule has 0 heterocycles. The third-order valence-electron chi connectivity index (χ3n) is 2.33. The molecule has 0 radical (unpaired) electrons. The Morgan fingerprint density at radius 2 is 1.81 bits per heavy atom. The van der Waals surface area contributed by atoms with Crippen molar-refractivity contribution >= 4 is 18.3 Å². The molecule has 0 saturated carbocycles. The summed E-state index contributed by atoms with van der Waals surface area (Å²) < 4.78 is 10.2. The summed E-state index contributed by atoms with van der Waals surface area (Å²) in [6.45, 7) is 1.75. The number of carbonyl (C=O) groups excluding carboxylic acids is 1. The van der Waals surface area contributed by atoms with Gasteiger partial charge in [0.15, 0.2) is 11.5 Å². The lowest BCUT2D eigenvalue weighted by atomic mass is 10.0. The molecule has 5 heteroatoms. The van der Waals surface area contributed by atoms with E-state index in [9.17, 15) is 4.79 Å². The first-order chi connectivity index (χ1) is 7.10. The zero-order chi connectivity index (χ0) is 11.4. The number of carbonyl (C=O) groups is 1. The van der Waals surface area contributed by atoms with E-state index >= 15 is 0 Å². The Bertz CT molecular complexity index is 368. The van der Waals surface area contributed by atoms with Crippen LogP contribution in [0.5, 0.6) is 11.5 Å².